The molecule has 0 fully saturated rings. The van der Waals surface area contributed by atoms with Gasteiger partial charge in [0, 0.05) is 30.3 Å². The van der Waals surface area contributed by atoms with Crippen LogP contribution in [0.4, 0.5) is 17.8 Å². The number of para-hydroxylation sites is 2. The van der Waals surface area contributed by atoms with Crippen molar-refractivity contribution in [3.8, 4) is 22.6 Å². The highest BCUT2D eigenvalue weighted by molar-refractivity contribution is 5.80. The third kappa shape index (κ3) is 5.45. The monoisotopic (exact) mass is 517 g/mol. The fourth-order valence-corrected chi connectivity index (χ4v) is 4.46. The van der Waals surface area contributed by atoms with Crippen molar-refractivity contribution in [1.29, 1.82) is 0 Å². The Bertz CT molecular complexity index is 1650. The number of oxazole rings is 1. The molecule has 6 aromatic rings. The molecule has 2 N–H and O–H groups in total. The molecule has 3 aromatic carbocycles. The molecule has 3 aromatic heterocycles. The summed E-state index contributed by atoms with van der Waals surface area (Å²) in [5.74, 6) is 2.10. The van der Waals surface area contributed by atoms with Gasteiger partial charge in [-0.25, -0.2) is 10.1 Å². The minimum Gasteiger partial charge on any atom is -0.423 e. The van der Waals surface area contributed by atoms with Gasteiger partial charge in [-0.2, -0.15) is 9.97 Å². The SMILES string of the molecule is CC(C)CN(Cc1ccccc1)c1nc(Nc2nc3ccccc3o2)cc(-c2ccccc2-c2nnn[nH]2)n1. The number of aromatic amines is 1. The predicted molar refractivity (Wildman–Crippen MR) is 150 cm³/mol. The van der Waals surface area contributed by atoms with Gasteiger partial charge in [-0.15, -0.1) is 5.10 Å². The lowest BCUT2D eigenvalue weighted by Crippen LogP contribution is -2.29. The van der Waals surface area contributed by atoms with E-state index in [9.17, 15) is 0 Å². The zero-order valence-electron chi connectivity index (χ0n) is 21.6. The van der Waals surface area contributed by atoms with E-state index in [-0.39, 0.29) is 0 Å². The summed E-state index contributed by atoms with van der Waals surface area (Å²) in [4.78, 5) is 16.7. The third-order valence-corrected chi connectivity index (χ3v) is 6.13. The number of aromatic nitrogens is 7. The molecule has 0 radical (unpaired) electrons. The largest absolute Gasteiger partial charge is 0.423 e. The van der Waals surface area contributed by atoms with E-state index in [0.717, 1.165) is 23.2 Å². The van der Waals surface area contributed by atoms with E-state index < -0.39 is 0 Å². The average molecular weight is 518 g/mol. The highest BCUT2D eigenvalue weighted by atomic mass is 16.4. The van der Waals surface area contributed by atoms with Crippen LogP contribution in [0.5, 0.6) is 0 Å². The van der Waals surface area contributed by atoms with Gasteiger partial charge in [0.25, 0.3) is 0 Å². The molecule has 39 heavy (non-hydrogen) atoms. The second-order valence-corrected chi connectivity index (χ2v) is 9.61. The molecule has 0 aliphatic heterocycles. The number of hydrogen-bond donors (Lipinski definition) is 2. The number of rotatable bonds is 9. The van der Waals surface area contributed by atoms with E-state index in [0.29, 0.717) is 47.3 Å². The van der Waals surface area contributed by atoms with Crippen molar-refractivity contribution in [2.75, 3.05) is 16.8 Å². The summed E-state index contributed by atoms with van der Waals surface area (Å²) >= 11 is 0. The second kappa shape index (κ2) is 10.7. The summed E-state index contributed by atoms with van der Waals surface area (Å²) in [6, 6.07) is 28.1. The van der Waals surface area contributed by atoms with Crippen LogP contribution in [0.2, 0.25) is 0 Å². The molecule has 0 saturated carbocycles. The van der Waals surface area contributed by atoms with Crippen molar-refractivity contribution in [2.45, 2.75) is 20.4 Å². The number of benzene rings is 3. The summed E-state index contributed by atoms with van der Waals surface area (Å²) in [5.41, 5.74) is 5.05. The van der Waals surface area contributed by atoms with Crippen LogP contribution in [0.25, 0.3) is 33.7 Å². The van der Waals surface area contributed by atoms with Crippen LogP contribution in [0.1, 0.15) is 19.4 Å². The first-order valence-corrected chi connectivity index (χ1v) is 12.8. The van der Waals surface area contributed by atoms with Gasteiger partial charge in [0.1, 0.15) is 11.3 Å². The maximum Gasteiger partial charge on any atom is 0.301 e. The summed E-state index contributed by atoms with van der Waals surface area (Å²) < 4.78 is 5.93. The fourth-order valence-electron chi connectivity index (χ4n) is 4.46. The number of fused-ring (bicyclic) bond motifs is 1. The van der Waals surface area contributed by atoms with Gasteiger partial charge in [0.05, 0.1) is 5.69 Å². The smallest absolute Gasteiger partial charge is 0.301 e. The van der Waals surface area contributed by atoms with Crippen molar-refractivity contribution in [1.82, 2.24) is 35.6 Å². The van der Waals surface area contributed by atoms with Crippen molar-refractivity contribution in [3.63, 3.8) is 0 Å². The van der Waals surface area contributed by atoms with E-state index in [1.807, 2.05) is 72.8 Å². The molecule has 0 amide bonds. The molecule has 10 heteroatoms. The molecule has 0 atom stereocenters. The molecular weight excluding hydrogens is 490 g/mol. The van der Waals surface area contributed by atoms with Crippen molar-refractivity contribution in [2.24, 2.45) is 5.92 Å². The van der Waals surface area contributed by atoms with Gasteiger partial charge in [-0.1, -0.05) is 80.6 Å². The normalized spacial score (nSPS) is 11.3. The molecule has 3 heterocycles. The van der Waals surface area contributed by atoms with Crippen LogP contribution in [0.15, 0.2) is 89.3 Å². The minimum atomic E-state index is 0.359. The van der Waals surface area contributed by atoms with E-state index >= 15 is 0 Å². The average Bonchev–Trinajstić information content (AvgIpc) is 3.63. The van der Waals surface area contributed by atoms with E-state index in [2.05, 4.69) is 61.8 Å². The quantitative estimate of drug-likeness (QED) is 0.242. The van der Waals surface area contributed by atoms with Crippen LogP contribution >= 0.6 is 0 Å². The van der Waals surface area contributed by atoms with E-state index in [1.165, 1.54) is 5.56 Å². The molecule has 0 aliphatic rings. The summed E-state index contributed by atoms with van der Waals surface area (Å²) in [6.45, 7) is 5.81. The predicted octanol–water partition coefficient (Wildman–Crippen LogP) is 5.87. The molecule has 194 valence electrons. The highest BCUT2D eigenvalue weighted by Crippen LogP contribution is 2.32. The zero-order chi connectivity index (χ0) is 26.6. The summed E-state index contributed by atoms with van der Waals surface area (Å²) in [6.07, 6.45) is 0. The maximum atomic E-state index is 5.93. The van der Waals surface area contributed by atoms with Crippen LogP contribution < -0.4 is 10.2 Å². The zero-order valence-corrected chi connectivity index (χ0v) is 21.6. The van der Waals surface area contributed by atoms with Gasteiger partial charge in [0.2, 0.25) is 5.95 Å². The Morgan fingerprint density at radius 2 is 1.64 bits per heavy atom. The van der Waals surface area contributed by atoms with Crippen molar-refractivity contribution in [3.05, 3.63) is 90.5 Å². The Balaban J connectivity index is 1.46. The Hall–Kier alpha value is -5.12. The van der Waals surface area contributed by atoms with E-state index in [4.69, 9.17) is 14.4 Å². The highest BCUT2D eigenvalue weighted by Gasteiger charge is 2.19. The molecule has 0 saturated heterocycles. The van der Waals surface area contributed by atoms with Gasteiger partial charge >= 0.3 is 6.01 Å². The number of H-pyrrole nitrogens is 1. The molecule has 10 nitrogen and oxygen atoms in total. The van der Waals surface area contributed by atoms with Crippen LogP contribution in [-0.4, -0.2) is 42.1 Å². The number of anilines is 3. The third-order valence-electron chi connectivity index (χ3n) is 6.13. The summed E-state index contributed by atoms with van der Waals surface area (Å²) in [7, 11) is 0. The first-order valence-electron chi connectivity index (χ1n) is 12.8. The number of hydrogen-bond acceptors (Lipinski definition) is 9. The lowest BCUT2D eigenvalue weighted by atomic mass is 10.0. The van der Waals surface area contributed by atoms with Crippen molar-refractivity contribution >= 4 is 28.9 Å². The van der Waals surface area contributed by atoms with Crippen LogP contribution in [0.3, 0.4) is 0 Å². The second-order valence-electron chi connectivity index (χ2n) is 9.61. The van der Waals surface area contributed by atoms with Gasteiger partial charge < -0.3 is 9.32 Å². The van der Waals surface area contributed by atoms with Crippen LogP contribution in [0, 0.1) is 5.92 Å². The molecule has 6 rings (SSSR count). The number of tetrazole rings is 1. The molecular formula is C29H27N9O. The van der Waals surface area contributed by atoms with Gasteiger partial charge in [0.15, 0.2) is 11.4 Å². The van der Waals surface area contributed by atoms with Gasteiger partial charge in [-0.05, 0) is 34.0 Å². The lowest BCUT2D eigenvalue weighted by molar-refractivity contribution is 0.599. The topological polar surface area (TPSA) is 122 Å². The van der Waals surface area contributed by atoms with Gasteiger partial charge in [-0.3, -0.25) is 5.32 Å². The van der Waals surface area contributed by atoms with E-state index in [1.54, 1.807) is 0 Å². The number of nitrogens with one attached hydrogen (secondary N) is 2. The Kier molecular flexibility index (Phi) is 6.65. The molecule has 0 bridgehead atoms. The Morgan fingerprint density at radius 3 is 2.41 bits per heavy atom. The lowest BCUT2D eigenvalue weighted by Gasteiger charge is -2.26. The standard InChI is InChI=1S/C29H27N9O/c1-19(2)17-38(18-20-10-4-3-5-11-20)28-30-24(21-12-6-7-13-22(21)27-34-36-37-35-27)16-26(32-28)33-29-31-23-14-8-9-15-25(23)39-29/h3-16,19H,17-18H2,1-2H3,(H,30,31,32,33)(H,34,35,36,37). The number of nitrogens with zero attached hydrogens (tertiary/aromatic N) is 7. The maximum absolute atomic E-state index is 5.93. The minimum absolute atomic E-state index is 0.359. The Labute approximate surface area is 225 Å². The first kappa shape index (κ1) is 24.2. The molecule has 0 aliphatic carbocycles. The van der Waals surface area contributed by atoms with Crippen LogP contribution in [-0.2, 0) is 6.54 Å². The molecule has 0 unspecified atom stereocenters. The fraction of sp³-hybridized carbons (Fsp3) is 0.172. The first-order chi connectivity index (χ1) is 19.1. The van der Waals surface area contributed by atoms with Crippen molar-refractivity contribution < 1.29 is 4.42 Å². The summed E-state index contributed by atoms with van der Waals surface area (Å²) in [5, 5.41) is 17.8. The Morgan fingerprint density at radius 1 is 0.872 bits per heavy atom. The molecule has 0 spiro atoms.